The number of halogens is 9. The second-order valence-electron chi connectivity index (χ2n) is 2.64. The molecule has 0 rings (SSSR count). The first kappa shape index (κ1) is 20.4. The SMILES string of the molecule is O=S(=O)(O)C(F)(F)C(F)(F)C(F)(F)C(F)(F)F.[H-].[H-].[Mg+2]. The summed E-state index contributed by atoms with van der Waals surface area (Å²) >= 11 is 0. The molecule has 0 aromatic heterocycles. The summed E-state index contributed by atoms with van der Waals surface area (Å²) in [5, 5.41) is -7.00. The summed E-state index contributed by atoms with van der Waals surface area (Å²) in [6.45, 7) is 0. The molecule has 0 atom stereocenters. The third kappa shape index (κ3) is 2.80. The molecule has 0 aliphatic carbocycles. The van der Waals surface area contributed by atoms with Crippen LogP contribution in [0.25, 0.3) is 0 Å². The van der Waals surface area contributed by atoms with Crippen LogP contribution in [0.15, 0.2) is 0 Å². The van der Waals surface area contributed by atoms with Crippen LogP contribution in [-0.4, -0.2) is 59.3 Å². The Labute approximate surface area is 112 Å². The first-order chi connectivity index (χ1) is 7.00. The van der Waals surface area contributed by atoms with Crippen molar-refractivity contribution in [3.8, 4) is 0 Å². The van der Waals surface area contributed by atoms with Gasteiger partial charge in [0.2, 0.25) is 0 Å². The van der Waals surface area contributed by atoms with Crippen LogP contribution in [0, 0.1) is 0 Å². The monoisotopic (exact) mass is 326 g/mol. The summed E-state index contributed by atoms with van der Waals surface area (Å²) in [6.07, 6.45) is -7.13. The summed E-state index contributed by atoms with van der Waals surface area (Å²) in [5.74, 6) is -14.7. The normalized spacial score (nSPS) is 15.2. The van der Waals surface area contributed by atoms with Crippen molar-refractivity contribution < 1.29 is 55.3 Å². The van der Waals surface area contributed by atoms with Gasteiger partial charge in [-0.25, -0.2) is 0 Å². The number of rotatable bonds is 3. The summed E-state index contributed by atoms with van der Waals surface area (Å²) in [4.78, 5) is 0. The van der Waals surface area contributed by atoms with Crippen molar-refractivity contribution in [2.75, 3.05) is 0 Å². The largest absolute Gasteiger partial charge is 2.00 e. The Morgan fingerprint density at radius 3 is 1.22 bits per heavy atom. The molecule has 0 aromatic rings. The van der Waals surface area contributed by atoms with Gasteiger partial charge in [0.15, 0.2) is 0 Å². The van der Waals surface area contributed by atoms with Crippen LogP contribution >= 0.6 is 0 Å². The van der Waals surface area contributed by atoms with E-state index in [9.17, 15) is 47.9 Å². The van der Waals surface area contributed by atoms with Crippen molar-refractivity contribution in [1.82, 2.24) is 0 Å². The van der Waals surface area contributed by atoms with E-state index >= 15 is 0 Å². The molecule has 0 saturated carbocycles. The maximum Gasteiger partial charge on any atom is 2.00 e. The first-order valence-corrected chi connectivity index (χ1v) is 4.61. The fraction of sp³-hybridized carbons (Fsp3) is 1.00. The quantitative estimate of drug-likeness (QED) is 0.491. The Morgan fingerprint density at radius 1 is 0.778 bits per heavy atom. The van der Waals surface area contributed by atoms with Gasteiger partial charge >= 0.3 is 56.4 Å². The average Bonchev–Trinajstić information content (AvgIpc) is 1.98. The molecule has 0 saturated heterocycles. The van der Waals surface area contributed by atoms with Crippen LogP contribution in [0.5, 0.6) is 0 Å². The van der Waals surface area contributed by atoms with Crippen LogP contribution in [0.1, 0.15) is 2.85 Å². The molecule has 0 fully saturated rings. The van der Waals surface area contributed by atoms with Crippen LogP contribution in [0.4, 0.5) is 39.5 Å². The fourth-order valence-electron chi connectivity index (χ4n) is 0.523. The van der Waals surface area contributed by atoms with Crippen molar-refractivity contribution in [3.63, 3.8) is 0 Å². The Morgan fingerprint density at radius 2 is 1.06 bits per heavy atom. The Bertz CT molecular complexity index is 408. The predicted octanol–water partition coefficient (Wildman–Crippen LogP) is 2.14. The van der Waals surface area contributed by atoms with E-state index in [0.29, 0.717) is 0 Å². The summed E-state index contributed by atoms with van der Waals surface area (Å²) in [6, 6.07) is 0. The molecule has 0 aromatic carbocycles. The predicted molar refractivity (Wildman–Crippen MR) is 40.4 cm³/mol. The zero-order valence-corrected chi connectivity index (χ0v) is 10.0. The van der Waals surface area contributed by atoms with Gasteiger partial charge in [-0.15, -0.1) is 0 Å². The summed E-state index contributed by atoms with van der Waals surface area (Å²) in [7, 11) is -7.17. The topological polar surface area (TPSA) is 54.4 Å². The smallest absolute Gasteiger partial charge is 1.00 e. The molecule has 0 bridgehead atoms. The number of hydrogen-bond acceptors (Lipinski definition) is 2. The van der Waals surface area contributed by atoms with Gasteiger partial charge in [0.05, 0.1) is 0 Å². The molecule has 18 heavy (non-hydrogen) atoms. The minimum absolute atomic E-state index is 0. The van der Waals surface area contributed by atoms with Crippen LogP contribution in [-0.2, 0) is 10.1 Å². The molecule has 0 spiro atoms. The standard InChI is InChI=1S/C4HF9O3S.Mg.2H/c5-1(6,3(9,10)11)2(7,8)4(12,13)17(14,15)16;;;/h(H,14,15,16);;;/q;+2;2*-1. The van der Waals surface area contributed by atoms with E-state index in [1.165, 1.54) is 0 Å². The van der Waals surface area contributed by atoms with Crippen LogP contribution in [0.2, 0.25) is 0 Å². The Balaban J connectivity index is -0.000000427. The minimum atomic E-state index is -7.37. The van der Waals surface area contributed by atoms with Crippen molar-refractivity contribution in [3.05, 3.63) is 0 Å². The van der Waals surface area contributed by atoms with Gasteiger partial charge in [0.25, 0.3) is 0 Å². The van der Waals surface area contributed by atoms with Crippen LogP contribution in [0.3, 0.4) is 0 Å². The van der Waals surface area contributed by atoms with Crippen molar-refractivity contribution in [2.24, 2.45) is 0 Å². The average molecular weight is 326 g/mol. The number of hydrogen-bond donors (Lipinski definition) is 1. The molecule has 0 radical (unpaired) electrons. The first-order valence-electron chi connectivity index (χ1n) is 3.17. The van der Waals surface area contributed by atoms with E-state index in [0.717, 1.165) is 0 Å². The maximum atomic E-state index is 12.2. The molecule has 0 aliphatic rings. The molecule has 0 aliphatic heterocycles. The van der Waals surface area contributed by atoms with Gasteiger partial charge in [-0.3, -0.25) is 4.55 Å². The molecular formula is C4H3F9MgO3S. The zero-order chi connectivity index (χ0) is 14.5. The van der Waals surface area contributed by atoms with E-state index in [1.807, 2.05) is 0 Å². The van der Waals surface area contributed by atoms with Crippen molar-refractivity contribution >= 4 is 33.2 Å². The van der Waals surface area contributed by atoms with Gasteiger partial charge < -0.3 is 2.85 Å². The molecular weight excluding hydrogens is 323 g/mol. The van der Waals surface area contributed by atoms with Gasteiger partial charge in [-0.2, -0.15) is 47.9 Å². The summed E-state index contributed by atoms with van der Waals surface area (Å²) < 4.78 is 134. The van der Waals surface area contributed by atoms with Crippen LogP contribution < -0.4 is 0 Å². The van der Waals surface area contributed by atoms with E-state index in [4.69, 9.17) is 4.55 Å². The molecule has 0 heterocycles. The minimum Gasteiger partial charge on any atom is -1.00 e. The van der Waals surface area contributed by atoms with Crippen molar-refractivity contribution in [2.45, 2.75) is 23.3 Å². The molecule has 1 N–H and O–H groups in total. The molecule has 0 amide bonds. The van der Waals surface area contributed by atoms with Gasteiger partial charge in [0, 0.05) is 0 Å². The second kappa shape index (κ2) is 4.86. The van der Waals surface area contributed by atoms with Crippen molar-refractivity contribution in [1.29, 1.82) is 0 Å². The Kier molecular flexibility index (Phi) is 5.50. The van der Waals surface area contributed by atoms with E-state index in [1.54, 1.807) is 0 Å². The van der Waals surface area contributed by atoms with E-state index in [-0.39, 0.29) is 25.9 Å². The number of alkyl halides is 9. The summed E-state index contributed by atoms with van der Waals surface area (Å²) in [5.41, 5.74) is 0. The Hall–Kier alpha value is 0.0462. The van der Waals surface area contributed by atoms with Gasteiger partial charge in [0.1, 0.15) is 0 Å². The molecule has 14 heteroatoms. The second-order valence-corrected chi connectivity index (χ2v) is 4.10. The third-order valence-electron chi connectivity index (χ3n) is 1.44. The fourth-order valence-corrected chi connectivity index (χ4v) is 0.975. The molecule has 3 nitrogen and oxygen atoms in total. The van der Waals surface area contributed by atoms with E-state index < -0.39 is 33.4 Å². The molecule has 108 valence electrons. The third-order valence-corrected chi connectivity index (χ3v) is 2.34. The zero-order valence-electron chi connectivity index (χ0n) is 9.78. The van der Waals surface area contributed by atoms with Gasteiger partial charge in [-0.05, 0) is 0 Å². The van der Waals surface area contributed by atoms with E-state index in [2.05, 4.69) is 0 Å². The van der Waals surface area contributed by atoms with Gasteiger partial charge in [-0.1, -0.05) is 0 Å². The molecule has 0 unspecified atom stereocenters. The maximum absolute atomic E-state index is 12.2.